The number of nitrogens with two attached hydrogens (primary N) is 1. The standard InChI is InChI=1S/C20H23ClN4O2/c21-15-6-12(18-11(17(15)22)2-1-5-26-18)19-23-24-20(27-19)16-13-8-25(9-14(13)16)7-10-3-4-10/h6,10,13-14,16H,1-5,7-9,22H2. The highest BCUT2D eigenvalue weighted by molar-refractivity contribution is 6.33. The van der Waals surface area contributed by atoms with Crippen molar-refractivity contribution in [1.82, 2.24) is 15.1 Å². The summed E-state index contributed by atoms with van der Waals surface area (Å²) in [5.74, 6) is 4.74. The van der Waals surface area contributed by atoms with Crippen molar-refractivity contribution in [2.24, 2.45) is 17.8 Å². The molecule has 2 unspecified atom stereocenters. The van der Waals surface area contributed by atoms with Crippen molar-refractivity contribution in [2.75, 3.05) is 32.0 Å². The predicted octanol–water partition coefficient (Wildman–Crippen LogP) is 3.35. The summed E-state index contributed by atoms with van der Waals surface area (Å²) >= 11 is 6.35. The molecule has 0 bridgehead atoms. The molecule has 3 fully saturated rings. The van der Waals surface area contributed by atoms with Crippen LogP contribution in [-0.4, -0.2) is 41.3 Å². The van der Waals surface area contributed by atoms with E-state index in [1.807, 2.05) is 0 Å². The van der Waals surface area contributed by atoms with E-state index in [2.05, 4.69) is 15.1 Å². The predicted molar refractivity (Wildman–Crippen MR) is 102 cm³/mol. The highest BCUT2D eigenvalue weighted by Gasteiger charge is 2.59. The smallest absolute Gasteiger partial charge is 0.251 e. The zero-order valence-electron chi connectivity index (χ0n) is 15.2. The third kappa shape index (κ3) is 2.64. The van der Waals surface area contributed by atoms with E-state index in [1.54, 1.807) is 6.07 Å². The molecule has 0 radical (unpaired) electrons. The highest BCUT2D eigenvalue weighted by Crippen LogP contribution is 2.58. The molecule has 3 heterocycles. The number of fused-ring (bicyclic) bond motifs is 2. The van der Waals surface area contributed by atoms with Crippen molar-refractivity contribution >= 4 is 17.3 Å². The van der Waals surface area contributed by atoms with Crippen molar-refractivity contribution in [2.45, 2.75) is 31.6 Å². The number of nitrogen functional groups attached to an aromatic ring is 1. The van der Waals surface area contributed by atoms with Gasteiger partial charge in [-0.15, -0.1) is 10.2 Å². The molecule has 1 aromatic heterocycles. The van der Waals surface area contributed by atoms with Gasteiger partial charge in [-0.3, -0.25) is 0 Å². The Balaban J connectivity index is 1.25. The van der Waals surface area contributed by atoms with Crippen LogP contribution in [0.2, 0.25) is 5.02 Å². The summed E-state index contributed by atoms with van der Waals surface area (Å²) in [7, 11) is 0. The minimum Gasteiger partial charge on any atom is -0.492 e. The van der Waals surface area contributed by atoms with Crippen molar-refractivity contribution in [3.63, 3.8) is 0 Å². The van der Waals surface area contributed by atoms with Crippen molar-refractivity contribution in [3.05, 3.63) is 22.5 Å². The minimum absolute atomic E-state index is 0.419. The van der Waals surface area contributed by atoms with E-state index < -0.39 is 0 Å². The Morgan fingerprint density at radius 2 is 2.04 bits per heavy atom. The Morgan fingerprint density at radius 1 is 1.22 bits per heavy atom. The van der Waals surface area contributed by atoms with Gasteiger partial charge >= 0.3 is 0 Å². The van der Waals surface area contributed by atoms with Gasteiger partial charge < -0.3 is 19.8 Å². The molecule has 2 atom stereocenters. The zero-order chi connectivity index (χ0) is 18.1. The van der Waals surface area contributed by atoms with Crippen LogP contribution < -0.4 is 10.5 Å². The van der Waals surface area contributed by atoms with Crippen molar-refractivity contribution < 1.29 is 9.15 Å². The Hall–Kier alpha value is -1.79. The second kappa shape index (κ2) is 5.85. The van der Waals surface area contributed by atoms with Crippen LogP contribution in [0, 0.1) is 17.8 Å². The fourth-order valence-corrected chi connectivity index (χ4v) is 5.19. The summed E-state index contributed by atoms with van der Waals surface area (Å²) in [6, 6.07) is 1.80. The van der Waals surface area contributed by atoms with E-state index in [9.17, 15) is 0 Å². The average Bonchev–Trinajstić information content (AvgIpc) is 3.50. The van der Waals surface area contributed by atoms with Gasteiger partial charge in [0.15, 0.2) is 0 Å². The Labute approximate surface area is 163 Å². The summed E-state index contributed by atoms with van der Waals surface area (Å²) < 4.78 is 12.0. The van der Waals surface area contributed by atoms with Gasteiger partial charge in [0.2, 0.25) is 5.89 Å². The second-order valence-electron chi connectivity index (χ2n) is 8.54. The molecule has 142 valence electrons. The monoisotopic (exact) mass is 386 g/mol. The molecule has 2 N–H and O–H groups in total. The Kier molecular flexibility index (Phi) is 3.51. The topological polar surface area (TPSA) is 77.4 Å². The first kappa shape index (κ1) is 16.2. The summed E-state index contributed by atoms with van der Waals surface area (Å²) in [5.41, 5.74) is 8.47. The number of hydrogen-bond acceptors (Lipinski definition) is 6. The molecule has 0 spiro atoms. The van der Waals surface area contributed by atoms with Gasteiger partial charge in [-0.2, -0.15) is 0 Å². The number of nitrogens with zero attached hydrogens (tertiary/aromatic N) is 3. The second-order valence-corrected chi connectivity index (χ2v) is 8.95. The van der Waals surface area contributed by atoms with Crippen LogP contribution in [0.25, 0.3) is 11.5 Å². The molecule has 27 heavy (non-hydrogen) atoms. The lowest BCUT2D eigenvalue weighted by atomic mass is 10.00. The van der Waals surface area contributed by atoms with Gasteiger partial charge in [-0.25, -0.2) is 0 Å². The fraction of sp³-hybridized carbons (Fsp3) is 0.600. The molecule has 6 nitrogen and oxygen atoms in total. The summed E-state index contributed by atoms with van der Waals surface area (Å²) in [5, 5.41) is 9.21. The van der Waals surface area contributed by atoms with E-state index in [0.29, 0.717) is 41.0 Å². The number of halogens is 1. The summed E-state index contributed by atoms with van der Waals surface area (Å²) in [6.07, 6.45) is 4.63. The SMILES string of the molecule is Nc1c(Cl)cc(-c2nnc(C3C4CN(CC5CC5)CC43)o2)c2c1CCCO2. The number of rotatable bonds is 4. The van der Waals surface area contributed by atoms with Gasteiger partial charge in [-0.1, -0.05) is 11.6 Å². The molecule has 1 aromatic carbocycles. The molecule has 2 saturated carbocycles. The molecule has 2 aromatic rings. The average molecular weight is 387 g/mol. The lowest BCUT2D eigenvalue weighted by Gasteiger charge is -2.21. The van der Waals surface area contributed by atoms with Gasteiger partial charge in [0.25, 0.3) is 5.89 Å². The van der Waals surface area contributed by atoms with Gasteiger partial charge in [0, 0.05) is 31.1 Å². The summed E-state index contributed by atoms with van der Waals surface area (Å²) in [4.78, 5) is 2.62. The van der Waals surface area contributed by atoms with Crippen LogP contribution in [0.15, 0.2) is 10.5 Å². The maximum atomic E-state index is 6.35. The number of likely N-dealkylation sites (tertiary alicyclic amines) is 1. The van der Waals surface area contributed by atoms with E-state index in [0.717, 1.165) is 41.5 Å². The van der Waals surface area contributed by atoms with Crippen LogP contribution in [0.4, 0.5) is 5.69 Å². The van der Waals surface area contributed by atoms with Crippen LogP contribution in [0.1, 0.15) is 36.6 Å². The number of piperidine rings is 1. The third-order valence-corrected chi connectivity index (χ3v) is 6.94. The maximum Gasteiger partial charge on any atom is 0.251 e. The van der Waals surface area contributed by atoms with Crippen LogP contribution in [0.3, 0.4) is 0 Å². The van der Waals surface area contributed by atoms with E-state index in [1.165, 1.54) is 32.5 Å². The lowest BCUT2D eigenvalue weighted by molar-refractivity contribution is 0.279. The summed E-state index contributed by atoms with van der Waals surface area (Å²) in [6.45, 7) is 4.30. The first-order valence-electron chi connectivity index (χ1n) is 9.99. The highest BCUT2D eigenvalue weighted by atomic mass is 35.5. The molecular formula is C20H23ClN4O2. The fourth-order valence-electron chi connectivity index (χ4n) is 4.97. The zero-order valence-corrected chi connectivity index (χ0v) is 15.9. The molecule has 2 aliphatic carbocycles. The van der Waals surface area contributed by atoms with Gasteiger partial charge in [-0.05, 0) is 49.5 Å². The molecule has 6 rings (SSSR count). The number of ether oxygens (including phenoxy) is 1. The number of anilines is 1. The molecular weight excluding hydrogens is 364 g/mol. The number of hydrogen-bond donors (Lipinski definition) is 1. The third-order valence-electron chi connectivity index (χ3n) is 6.63. The maximum absolute atomic E-state index is 6.35. The normalized spacial score (nSPS) is 29.3. The molecule has 0 amide bonds. The number of benzene rings is 1. The van der Waals surface area contributed by atoms with Crippen LogP contribution in [0.5, 0.6) is 5.75 Å². The first-order valence-corrected chi connectivity index (χ1v) is 10.4. The largest absolute Gasteiger partial charge is 0.492 e. The van der Waals surface area contributed by atoms with Gasteiger partial charge in [0.1, 0.15) is 5.75 Å². The van der Waals surface area contributed by atoms with Crippen LogP contribution >= 0.6 is 11.6 Å². The molecule has 4 aliphatic rings. The van der Waals surface area contributed by atoms with Gasteiger partial charge in [0.05, 0.1) is 22.9 Å². The molecule has 2 aliphatic heterocycles. The molecule has 7 heteroatoms. The van der Waals surface area contributed by atoms with E-state index >= 15 is 0 Å². The van der Waals surface area contributed by atoms with E-state index in [4.69, 9.17) is 26.5 Å². The Morgan fingerprint density at radius 3 is 2.81 bits per heavy atom. The van der Waals surface area contributed by atoms with Crippen molar-refractivity contribution in [1.29, 1.82) is 0 Å². The Bertz CT molecular complexity index is 898. The number of aromatic nitrogens is 2. The van der Waals surface area contributed by atoms with Crippen molar-refractivity contribution in [3.8, 4) is 17.2 Å². The lowest BCUT2D eigenvalue weighted by Crippen LogP contribution is -2.26. The van der Waals surface area contributed by atoms with E-state index in [-0.39, 0.29) is 0 Å². The minimum atomic E-state index is 0.419. The molecule has 1 saturated heterocycles. The quantitative estimate of drug-likeness (QED) is 0.812. The first-order chi connectivity index (χ1) is 13.2. The van der Waals surface area contributed by atoms with Crippen LogP contribution in [-0.2, 0) is 6.42 Å².